The van der Waals surface area contributed by atoms with Crippen LogP contribution in [-0.2, 0) is 33.6 Å². The minimum Gasteiger partial charge on any atom is -0.393 e. The summed E-state index contributed by atoms with van der Waals surface area (Å²) in [6.45, 7) is 15.8. The number of azide groups is 1. The van der Waals surface area contributed by atoms with Gasteiger partial charge in [0, 0.05) is 313 Å². The number of aliphatic hydroxyl groups is 1. The molecular weight excluding hydrogens is 896 g/mol. The van der Waals surface area contributed by atoms with Crippen molar-refractivity contribution in [2.24, 2.45) is 10.8 Å². The maximum absolute atomic E-state index is 10.9. The first-order valence-electron chi connectivity index (χ1n) is 20.5. The van der Waals surface area contributed by atoms with Gasteiger partial charge in [0.2, 0.25) is 23.6 Å². The summed E-state index contributed by atoms with van der Waals surface area (Å²) >= 11 is 0. The summed E-state index contributed by atoms with van der Waals surface area (Å²) in [5.41, 5.74) is 13.8. The molecule has 356 valence electrons. The van der Waals surface area contributed by atoms with Gasteiger partial charge in [-0.15, -0.1) is 0 Å². The van der Waals surface area contributed by atoms with Crippen molar-refractivity contribution in [1.82, 2.24) is 29.8 Å². The van der Waals surface area contributed by atoms with Crippen molar-refractivity contribution >= 4 is 41.0 Å². The molecule has 22 heteroatoms. The molecule has 61 heavy (non-hydrogen) atoms. The first-order valence-corrected chi connectivity index (χ1v) is 20.5. The van der Waals surface area contributed by atoms with Gasteiger partial charge in [0.15, 0.2) is 0 Å². The molecule has 0 unspecified atom stereocenters. The second kappa shape index (κ2) is 41.3. The Morgan fingerprint density at radius 2 is 0.885 bits per heavy atom. The fourth-order valence-electron chi connectivity index (χ4n) is 6.41. The van der Waals surface area contributed by atoms with Crippen LogP contribution in [0.5, 0.6) is 0 Å². The Hall–Kier alpha value is 1.08. The molecule has 0 atom stereocenters. The molecule has 18 nitrogen and oxygen atoms in total. The average Bonchev–Trinajstić information content (AvgIpc) is 3.18. The molecule has 0 saturated carbocycles. The van der Waals surface area contributed by atoms with Crippen molar-refractivity contribution in [3.63, 3.8) is 0 Å². The molecule has 6 rings (SSSR count). The van der Waals surface area contributed by atoms with Gasteiger partial charge in [-0.25, -0.2) is 0 Å². The van der Waals surface area contributed by atoms with Crippen LogP contribution in [0.15, 0.2) is 5.11 Å². The molecule has 6 heterocycles. The molecule has 0 aromatic heterocycles. The quantitative estimate of drug-likeness (QED) is 0.194. The molecule has 0 aromatic rings. The minimum atomic E-state index is -0.185. The van der Waals surface area contributed by atoms with E-state index in [0.717, 1.165) is 130 Å². The number of aliphatic hydroxyl groups excluding tert-OH is 1. The van der Waals surface area contributed by atoms with E-state index in [1.165, 1.54) is 6.92 Å². The number of hydrogen-bond acceptors (Lipinski definition) is 12. The van der Waals surface area contributed by atoms with Gasteiger partial charge in [-0.05, 0) is 51.1 Å². The van der Waals surface area contributed by atoms with Crippen LogP contribution in [0.4, 0.5) is 0 Å². The van der Waals surface area contributed by atoms with Gasteiger partial charge in [0.25, 0.3) is 0 Å². The van der Waals surface area contributed by atoms with Crippen LogP contribution in [0, 0.1) is 151 Å². The van der Waals surface area contributed by atoms with Crippen molar-refractivity contribution in [1.29, 1.82) is 0 Å². The molecule has 4 N–H and O–H groups in total. The van der Waals surface area contributed by atoms with E-state index in [9.17, 15) is 33.6 Å². The molecule has 6 fully saturated rings. The van der Waals surface area contributed by atoms with Crippen LogP contribution in [0.25, 0.3) is 10.4 Å². The van der Waals surface area contributed by atoms with Gasteiger partial charge in [-0.3, -0.25) is 33.6 Å². The number of rotatable bonds is 1. The van der Waals surface area contributed by atoms with Gasteiger partial charge in [-0.1, -0.05) is 5.11 Å². The molecule has 0 aliphatic carbocycles. The first kappa shape index (κ1) is 68.7. The largest absolute Gasteiger partial charge is 0.393 e. The maximum Gasteiger partial charge on any atom is 0.219 e. The Kier molecular flexibility index (Phi) is 46.5. The molecule has 6 aliphatic heterocycles. The first-order chi connectivity index (χ1) is 27.0. The summed E-state index contributed by atoms with van der Waals surface area (Å²) in [5.74, 6) is 1.57. The number of amides is 4. The molecule has 0 bridgehead atoms. The average molecular weight is 967 g/mol. The van der Waals surface area contributed by atoms with E-state index < -0.39 is 0 Å². The second-order valence-corrected chi connectivity index (χ2v) is 15.2. The van der Waals surface area contributed by atoms with Crippen LogP contribution in [-0.4, -0.2) is 174 Å². The summed E-state index contributed by atoms with van der Waals surface area (Å²) in [6, 6.07) is 0.404. The summed E-state index contributed by atoms with van der Waals surface area (Å²) in [5, 5.41) is 15.8. The van der Waals surface area contributed by atoms with E-state index in [1.54, 1.807) is 35.5 Å². The number of hydrogen-bond donors (Lipinski definition) is 3. The Labute approximate surface area is 483 Å². The topological polar surface area (TPSA) is 243 Å². The minimum absolute atomic E-state index is 0. The van der Waals surface area contributed by atoms with Crippen molar-refractivity contribution in [2.75, 3.05) is 85.6 Å². The summed E-state index contributed by atoms with van der Waals surface area (Å²) < 4.78 is 0. The predicted molar refractivity (Wildman–Crippen MR) is 217 cm³/mol. The van der Waals surface area contributed by atoms with Crippen LogP contribution >= 0.6 is 0 Å². The van der Waals surface area contributed by atoms with Crippen molar-refractivity contribution in [3.05, 3.63) is 10.4 Å². The predicted octanol–water partition coefficient (Wildman–Crippen LogP) is 1.67. The Morgan fingerprint density at radius 3 is 1.20 bits per heavy atom. The third-order valence-electron chi connectivity index (χ3n) is 10.5. The molecular formula is C39H70Ar4N10O8. The van der Waals surface area contributed by atoms with Crippen LogP contribution in [0.3, 0.4) is 0 Å². The Morgan fingerprint density at radius 1 is 0.574 bits per heavy atom. The standard InChI is InChI=1S/C7H12N4O.C7H14N2O.C7H13NO2.C7H11NO2.C6H11NO.C5H9NO.4Ar/c1-6(12)11-4-2-7(3-5-11)9-10-8;1-6(10)9-4-2-7(8)3-5-9;2*1-6(9)8-4-2-7(10)3-5-8;1-7-4-2-6(8)3-5-7;7-5-1-3-6-4-2-5;;;;/h7H,2-5H2,1H3;7H,2-5,8H2,1H3;7,10H,2-5H2,1H3;2-5H2,1H3;2-5H2,1H3;6H,1-4H2;;;;. The number of nitrogens with zero attached hydrogens (tertiary/aromatic N) is 8. The van der Waals surface area contributed by atoms with Crippen LogP contribution in [0.2, 0.25) is 0 Å². The molecule has 0 aromatic carbocycles. The fourth-order valence-corrected chi connectivity index (χ4v) is 6.41. The molecule has 4 amide bonds. The van der Waals surface area contributed by atoms with Gasteiger partial charge >= 0.3 is 0 Å². The van der Waals surface area contributed by atoms with Gasteiger partial charge < -0.3 is 40.7 Å². The second-order valence-electron chi connectivity index (χ2n) is 15.2. The zero-order valence-corrected chi connectivity index (χ0v) is 39.4. The van der Waals surface area contributed by atoms with Crippen LogP contribution in [0.1, 0.15) is 105 Å². The van der Waals surface area contributed by atoms with Gasteiger partial charge in [-0.2, -0.15) is 0 Å². The monoisotopic (exact) mass is 966 g/mol. The molecule has 0 radical (unpaired) electrons. The fraction of sp³-hybridized carbons (Fsp3) is 0.821. The summed E-state index contributed by atoms with van der Waals surface area (Å²) in [6.07, 6.45) is 8.87. The smallest absolute Gasteiger partial charge is 0.219 e. The number of carbonyl (C=O) groups is 7. The Bertz CT molecular complexity index is 1270. The zero-order valence-electron chi connectivity index (χ0n) is 36.6. The Balaban J connectivity index is -0.000000317. The molecule has 6 saturated heterocycles. The molecule has 0 spiro atoms. The number of nitrogens with one attached hydrogen (secondary N) is 1. The zero-order chi connectivity index (χ0) is 42.8. The number of likely N-dealkylation sites (tertiary alicyclic amines) is 5. The van der Waals surface area contributed by atoms with Gasteiger partial charge in [0.05, 0.1) is 6.10 Å². The SMILES string of the molecule is CC(=O)N1CCC(=O)CC1.CC(=O)N1CCC(N)CC1.CC(=O)N1CCC(N=[N+]=[N-])CC1.CC(=O)N1CCC(O)CC1.CN1CCC(=O)CC1.O=C1CCNCC1.[Ar].[Ar].[Ar].[Ar]. The summed E-state index contributed by atoms with van der Waals surface area (Å²) in [7, 11) is 2.05. The van der Waals surface area contributed by atoms with E-state index in [0.29, 0.717) is 43.5 Å². The molecule has 6 aliphatic rings. The number of Topliss-reactive ketones (excluding diaryl/α,β-unsaturated/α-hetero) is 3. The normalized spacial score (nSPS) is 19.5. The van der Waals surface area contributed by atoms with Crippen molar-refractivity contribution in [2.45, 2.75) is 123 Å². The van der Waals surface area contributed by atoms with E-state index >= 15 is 0 Å². The van der Waals surface area contributed by atoms with Gasteiger partial charge in [0.1, 0.15) is 17.3 Å². The summed E-state index contributed by atoms with van der Waals surface area (Å²) in [4.78, 5) is 86.9. The number of carbonyl (C=O) groups excluding carboxylic acids is 7. The van der Waals surface area contributed by atoms with E-state index in [1.807, 2.05) is 11.9 Å². The number of piperidine rings is 6. The number of nitrogens with two attached hydrogens (primary N) is 1. The van der Waals surface area contributed by atoms with E-state index in [4.69, 9.17) is 16.4 Å². The number of ketones is 3. The van der Waals surface area contributed by atoms with Crippen molar-refractivity contribution < 1.29 is 190 Å². The van der Waals surface area contributed by atoms with Crippen LogP contribution < -0.4 is 11.1 Å². The maximum atomic E-state index is 10.9. The third kappa shape index (κ3) is 35.0. The van der Waals surface area contributed by atoms with Crippen molar-refractivity contribution in [3.8, 4) is 0 Å². The van der Waals surface area contributed by atoms with E-state index in [-0.39, 0.29) is 193 Å². The third-order valence-corrected chi connectivity index (χ3v) is 10.5. The van der Waals surface area contributed by atoms with E-state index in [2.05, 4.69) is 20.2 Å².